The zero-order chi connectivity index (χ0) is 28.1. The third-order valence-corrected chi connectivity index (χ3v) is 7.02. The van der Waals surface area contributed by atoms with Crippen LogP contribution in [-0.4, -0.2) is 166 Å². The molecule has 38 heavy (non-hydrogen) atoms. The predicted molar refractivity (Wildman–Crippen MR) is 134 cm³/mol. The van der Waals surface area contributed by atoms with Crippen LogP contribution in [0, 0.1) is 5.92 Å². The standard InChI is InChI=1S/C24H42N4O10/c29-19(17-38-20-3-1-18(2-4-20)24(36)37)13-25-5-7-26(14-21(30)31)9-11-28(16-23(34)35)12-10-27(8-6-25)15-22(32)33/h18-20,29H,1-17H2,(H,30,31)(H,32,33)(H,34,35)(H,36,37). The number of β-amino-alcohol motifs (C(OH)–C–C–N with tert-alkyl or cyclic N) is 1. The van der Waals surface area contributed by atoms with Gasteiger partial charge in [-0.3, -0.25) is 38.8 Å². The maximum atomic E-state index is 11.4. The molecule has 0 aromatic carbocycles. The molecule has 218 valence electrons. The number of carboxylic acids is 4. The van der Waals surface area contributed by atoms with Gasteiger partial charge in [0.15, 0.2) is 0 Å². The number of carbonyl (C=O) groups is 4. The van der Waals surface area contributed by atoms with Gasteiger partial charge in [0.2, 0.25) is 0 Å². The second-order valence-corrected chi connectivity index (χ2v) is 10.1. The van der Waals surface area contributed by atoms with E-state index in [1.54, 1.807) is 14.7 Å². The highest BCUT2D eigenvalue weighted by Gasteiger charge is 2.27. The number of rotatable bonds is 12. The first-order chi connectivity index (χ1) is 18.0. The molecule has 14 heteroatoms. The number of aliphatic hydroxyl groups excluding tert-OH is 1. The highest BCUT2D eigenvalue weighted by Crippen LogP contribution is 2.26. The summed E-state index contributed by atoms with van der Waals surface area (Å²) in [5, 5.41) is 47.7. The zero-order valence-corrected chi connectivity index (χ0v) is 21.8. The fourth-order valence-electron chi connectivity index (χ4n) is 4.88. The molecule has 5 N–H and O–H groups in total. The number of hydrogen-bond donors (Lipinski definition) is 5. The molecule has 14 nitrogen and oxygen atoms in total. The van der Waals surface area contributed by atoms with Gasteiger partial charge in [-0.25, -0.2) is 0 Å². The highest BCUT2D eigenvalue weighted by molar-refractivity contribution is 5.70. The van der Waals surface area contributed by atoms with Crippen molar-refractivity contribution in [3.63, 3.8) is 0 Å². The Hall–Kier alpha value is -2.36. The molecule has 2 aliphatic rings. The van der Waals surface area contributed by atoms with Crippen molar-refractivity contribution >= 4 is 23.9 Å². The van der Waals surface area contributed by atoms with Gasteiger partial charge in [0, 0.05) is 58.9 Å². The number of aliphatic hydroxyl groups is 1. The lowest BCUT2D eigenvalue weighted by Gasteiger charge is -2.34. The van der Waals surface area contributed by atoms with Crippen molar-refractivity contribution in [2.45, 2.75) is 37.9 Å². The van der Waals surface area contributed by atoms with Crippen molar-refractivity contribution in [3.05, 3.63) is 0 Å². The van der Waals surface area contributed by atoms with Crippen molar-refractivity contribution in [1.82, 2.24) is 19.6 Å². The monoisotopic (exact) mass is 546 g/mol. The van der Waals surface area contributed by atoms with Gasteiger partial charge in [0.05, 0.1) is 44.4 Å². The molecule has 0 aromatic rings. The Bertz CT molecular complexity index is 745. The van der Waals surface area contributed by atoms with Crippen molar-refractivity contribution < 1.29 is 49.4 Å². The largest absolute Gasteiger partial charge is 0.481 e. The Morgan fingerprint density at radius 2 is 1.00 bits per heavy atom. The summed E-state index contributed by atoms with van der Waals surface area (Å²) >= 11 is 0. The maximum absolute atomic E-state index is 11.4. The summed E-state index contributed by atoms with van der Waals surface area (Å²) in [5.74, 6) is -4.13. The Morgan fingerprint density at radius 1 is 0.632 bits per heavy atom. The Balaban J connectivity index is 1.98. The van der Waals surface area contributed by atoms with Crippen LogP contribution in [-0.2, 0) is 23.9 Å². The quantitative estimate of drug-likeness (QED) is 0.190. The molecule has 1 heterocycles. The highest BCUT2D eigenvalue weighted by atomic mass is 16.5. The van der Waals surface area contributed by atoms with Crippen LogP contribution in [0.2, 0.25) is 0 Å². The van der Waals surface area contributed by atoms with Gasteiger partial charge in [-0.2, -0.15) is 0 Å². The van der Waals surface area contributed by atoms with Crippen LogP contribution >= 0.6 is 0 Å². The molecule has 0 bridgehead atoms. The molecule has 1 saturated heterocycles. The summed E-state index contributed by atoms with van der Waals surface area (Å²) in [5.41, 5.74) is 0. The van der Waals surface area contributed by atoms with E-state index >= 15 is 0 Å². The normalized spacial score (nSPS) is 24.7. The van der Waals surface area contributed by atoms with Crippen LogP contribution in [0.3, 0.4) is 0 Å². The van der Waals surface area contributed by atoms with Crippen molar-refractivity contribution in [3.8, 4) is 0 Å². The zero-order valence-electron chi connectivity index (χ0n) is 21.8. The molecule has 2 fully saturated rings. The molecular weight excluding hydrogens is 504 g/mol. The van der Waals surface area contributed by atoms with Crippen LogP contribution in [0.4, 0.5) is 0 Å². The Labute approximate surface area is 222 Å². The molecule has 0 spiro atoms. The fourth-order valence-corrected chi connectivity index (χ4v) is 4.88. The molecular formula is C24H42N4O10. The average Bonchev–Trinajstić information content (AvgIpc) is 2.83. The minimum atomic E-state index is -1.01. The van der Waals surface area contributed by atoms with Gasteiger partial charge >= 0.3 is 23.9 Å². The van der Waals surface area contributed by atoms with E-state index in [0.717, 1.165) is 0 Å². The summed E-state index contributed by atoms with van der Waals surface area (Å²) < 4.78 is 5.84. The van der Waals surface area contributed by atoms with Gasteiger partial charge in [0.25, 0.3) is 0 Å². The molecule has 1 aliphatic carbocycles. The summed E-state index contributed by atoms with van der Waals surface area (Å²) in [6, 6.07) is 0. The predicted octanol–water partition coefficient (Wildman–Crippen LogP) is -1.52. The van der Waals surface area contributed by atoms with E-state index < -0.39 is 30.0 Å². The third-order valence-electron chi connectivity index (χ3n) is 7.02. The molecule has 1 unspecified atom stereocenters. The molecule has 1 aliphatic heterocycles. The Kier molecular flexibility index (Phi) is 13.9. The van der Waals surface area contributed by atoms with Crippen LogP contribution in [0.15, 0.2) is 0 Å². The second kappa shape index (κ2) is 16.6. The molecule has 0 aromatic heterocycles. The van der Waals surface area contributed by atoms with Crippen LogP contribution in [0.5, 0.6) is 0 Å². The number of hydrogen-bond acceptors (Lipinski definition) is 10. The third kappa shape index (κ3) is 12.9. The number of ether oxygens (including phenoxy) is 1. The molecule has 1 atom stereocenters. The smallest absolute Gasteiger partial charge is 0.317 e. The van der Waals surface area contributed by atoms with E-state index in [0.29, 0.717) is 78.0 Å². The van der Waals surface area contributed by atoms with E-state index in [-0.39, 0.29) is 44.8 Å². The first kappa shape index (κ1) is 31.9. The maximum Gasteiger partial charge on any atom is 0.317 e. The summed E-state index contributed by atoms with van der Waals surface area (Å²) in [4.78, 5) is 52.3. The fraction of sp³-hybridized carbons (Fsp3) is 0.833. The lowest BCUT2D eigenvalue weighted by atomic mass is 9.87. The number of nitrogens with zero attached hydrogens (tertiary/aromatic N) is 4. The van der Waals surface area contributed by atoms with Crippen LogP contribution in [0.25, 0.3) is 0 Å². The van der Waals surface area contributed by atoms with Crippen molar-refractivity contribution in [2.75, 3.05) is 85.1 Å². The summed E-state index contributed by atoms with van der Waals surface area (Å²) in [6.07, 6.45) is 1.42. The SMILES string of the molecule is O=C(O)CN1CCN(CC(=O)O)CCN(CC(O)COC2CCC(C(=O)O)CC2)CCN(CC(=O)O)CC1. The first-order valence-electron chi connectivity index (χ1n) is 13.1. The van der Waals surface area contributed by atoms with Gasteiger partial charge in [0.1, 0.15) is 0 Å². The molecule has 0 amide bonds. The van der Waals surface area contributed by atoms with Crippen LogP contribution < -0.4 is 0 Å². The average molecular weight is 547 g/mol. The molecule has 0 radical (unpaired) electrons. The molecule has 1 saturated carbocycles. The lowest BCUT2D eigenvalue weighted by molar-refractivity contribution is -0.144. The number of carboxylic acid groups (broad SMARTS) is 4. The van der Waals surface area contributed by atoms with Crippen LogP contribution in [0.1, 0.15) is 25.7 Å². The van der Waals surface area contributed by atoms with E-state index in [1.165, 1.54) is 0 Å². The lowest BCUT2D eigenvalue weighted by Crippen LogP contribution is -2.49. The van der Waals surface area contributed by atoms with Gasteiger partial charge in [-0.05, 0) is 25.7 Å². The van der Waals surface area contributed by atoms with E-state index in [9.17, 15) is 39.6 Å². The van der Waals surface area contributed by atoms with E-state index in [4.69, 9.17) is 9.84 Å². The minimum absolute atomic E-state index is 0.0841. The topological polar surface area (TPSA) is 192 Å². The summed E-state index contributed by atoms with van der Waals surface area (Å²) in [7, 11) is 0. The second-order valence-electron chi connectivity index (χ2n) is 10.1. The van der Waals surface area contributed by atoms with Crippen molar-refractivity contribution in [2.24, 2.45) is 5.92 Å². The first-order valence-corrected chi connectivity index (χ1v) is 13.1. The van der Waals surface area contributed by atoms with Gasteiger partial charge < -0.3 is 30.3 Å². The number of aliphatic carboxylic acids is 4. The van der Waals surface area contributed by atoms with Crippen molar-refractivity contribution in [1.29, 1.82) is 0 Å². The van der Waals surface area contributed by atoms with Gasteiger partial charge in [-0.1, -0.05) is 0 Å². The minimum Gasteiger partial charge on any atom is -0.481 e. The Morgan fingerprint density at radius 3 is 1.34 bits per heavy atom. The van der Waals surface area contributed by atoms with E-state index in [2.05, 4.69) is 0 Å². The van der Waals surface area contributed by atoms with E-state index in [1.807, 2.05) is 4.90 Å². The molecule has 2 rings (SSSR count). The summed E-state index contributed by atoms with van der Waals surface area (Å²) in [6.45, 7) is 2.60. The van der Waals surface area contributed by atoms with Gasteiger partial charge in [-0.15, -0.1) is 0 Å².